The minimum atomic E-state index is -0.564. The molecule has 3 N–H and O–H groups in total. The van der Waals surface area contributed by atoms with Crippen LogP contribution in [0.5, 0.6) is 5.75 Å². The monoisotopic (exact) mass is 473 g/mol. The van der Waals surface area contributed by atoms with Crippen LogP contribution in [0.15, 0.2) is 54.7 Å². The molecule has 2 amide bonds. The maximum Gasteiger partial charge on any atom is 0.272 e. The number of benzene rings is 2. The van der Waals surface area contributed by atoms with Crippen molar-refractivity contribution in [2.75, 3.05) is 11.9 Å². The van der Waals surface area contributed by atoms with Gasteiger partial charge in [0, 0.05) is 23.5 Å². The first-order chi connectivity index (χ1) is 16.9. The number of nitrogens with one attached hydrogen (secondary N) is 1. The lowest BCUT2D eigenvalue weighted by atomic mass is 9.86. The number of carbonyl (C=O) groups excluding carboxylic acids is 2. The van der Waals surface area contributed by atoms with Gasteiger partial charge in [-0.15, -0.1) is 5.10 Å². The number of primary amides is 1. The molecule has 5 rings (SSSR count). The third kappa shape index (κ3) is 4.43. The first-order valence-corrected chi connectivity index (χ1v) is 10.8. The number of fused-ring (bicyclic) bond motifs is 1. The molecule has 0 fully saturated rings. The van der Waals surface area contributed by atoms with Gasteiger partial charge in [-0.2, -0.15) is 14.9 Å². The first kappa shape index (κ1) is 22.1. The second-order valence-electron chi connectivity index (χ2n) is 8.04. The van der Waals surface area contributed by atoms with Gasteiger partial charge in [-0.05, 0) is 48.9 Å². The van der Waals surface area contributed by atoms with Gasteiger partial charge in [0.1, 0.15) is 17.4 Å². The van der Waals surface area contributed by atoms with Gasteiger partial charge in [0.05, 0.1) is 17.6 Å². The van der Waals surface area contributed by atoms with E-state index >= 15 is 0 Å². The topological polar surface area (TPSA) is 138 Å². The molecule has 1 unspecified atom stereocenters. The summed E-state index contributed by atoms with van der Waals surface area (Å²) in [5.41, 5.74) is 8.71. The van der Waals surface area contributed by atoms with E-state index in [0.717, 1.165) is 11.1 Å². The van der Waals surface area contributed by atoms with Crippen molar-refractivity contribution >= 4 is 17.6 Å². The maximum atomic E-state index is 13.3. The molecule has 3 heterocycles. The number of anilines is 1. The summed E-state index contributed by atoms with van der Waals surface area (Å²) in [5, 5.41) is 15.6. The molecule has 0 saturated heterocycles. The number of amides is 2. The predicted molar refractivity (Wildman–Crippen MR) is 123 cm³/mol. The molecule has 10 nitrogen and oxygen atoms in total. The van der Waals surface area contributed by atoms with Gasteiger partial charge < -0.3 is 15.8 Å². The Morgan fingerprint density at radius 3 is 2.66 bits per heavy atom. The standard InChI is InChI=1S/C24H20FN7O3/c1-13-22-18(14-4-8-17(9-5-14)35-12-20(26)33)10-21(34)29-23(22)32(31-13)24-28-19(11-27-30-24)15-2-6-16(25)7-3-15/h2-9,11,18H,10,12H2,1H3,(H2,26,33)(H,29,34). The smallest absolute Gasteiger partial charge is 0.272 e. The van der Waals surface area contributed by atoms with Crippen LogP contribution in [0, 0.1) is 12.7 Å². The van der Waals surface area contributed by atoms with Crippen LogP contribution in [-0.2, 0) is 9.59 Å². The van der Waals surface area contributed by atoms with Crippen LogP contribution in [0.4, 0.5) is 10.2 Å². The van der Waals surface area contributed by atoms with E-state index < -0.39 is 5.91 Å². The molecule has 1 aliphatic rings. The van der Waals surface area contributed by atoms with Gasteiger partial charge in [-0.1, -0.05) is 12.1 Å². The Morgan fingerprint density at radius 2 is 1.94 bits per heavy atom. The number of nitrogens with zero attached hydrogens (tertiary/aromatic N) is 5. The van der Waals surface area contributed by atoms with Gasteiger partial charge in [0.15, 0.2) is 6.61 Å². The van der Waals surface area contributed by atoms with Crippen molar-refractivity contribution in [3.63, 3.8) is 0 Å². The molecule has 1 aliphatic heterocycles. The minimum Gasteiger partial charge on any atom is -0.484 e. The lowest BCUT2D eigenvalue weighted by Gasteiger charge is -2.24. The summed E-state index contributed by atoms with van der Waals surface area (Å²) in [5.74, 6) is -0.216. The number of nitrogens with two attached hydrogens (primary N) is 1. The normalized spacial score (nSPS) is 14.8. The summed E-state index contributed by atoms with van der Waals surface area (Å²) in [4.78, 5) is 28.1. The molecular formula is C24H20FN7O3. The zero-order valence-corrected chi connectivity index (χ0v) is 18.6. The fourth-order valence-electron chi connectivity index (χ4n) is 4.07. The highest BCUT2D eigenvalue weighted by Gasteiger charge is 2.33. The third-order valence-electron chi connectivity index (χ3n) is 5.64. The van der Waals surface area contributed by atoms with E-state index in [-0.39, 0.29) is 36.6 Å². The average Bonchev–Trinajstić information content (AvgIpc) is 3.19. The molecule has 0 radical (unpaired) electrons. The Labute approximate surface area is 199 Å². The summed E-state index contributed by atoms with van der Waals surface area (Å²) in [7, 11) is 0. The van der Waals surface area contributed by atoms with Crippen molar-refractivity contribution in [1.82, 2.24) is 25.0 Å². The number of aryl methyl sites for hydroxylation is 1. The quantitative estimate of drug-likeness (QED) is 0.439. The van der Waals surface area contributed by atoms with E-state index in [9.17, 15) is 14.0 Å². The fraction of sp³-hybridized carbons (Fsp3) is 0.167. The van der Waals surface area contributed by atoms with Gasteiger partial charge >= 0.3 is 0 Å². The number of hydrogen-bond acceptors (Lipinski definition) is 7. The zero-order chi connectivity index (χ0) is 24.5. The van der Waals surface area contributed by atoms with Gasteiger partial charge in [-0.3, -0.25) is 9.59 Å². The molecule has 0 bridgehead atoms. The number of ether oxygens (including phenoxy) is 1. The van der Waals surface area contributed by atoms with Gasteiger partial charge in [-0.25, -0.2) is 9.37 Å². The molecule has 35 heavy (non-hydrogen) atoms. The second kappa shape index (κ2) is 8.93. The fourth-order valence-corrected chi connectivity index (χ4v) is 4.07. The lowest BCUT2D eigenvalue weighted by molar-refractivity contribution is -0.120. The number of carbonyl (C=O) groups is 2. The van der Waals surface area contributed by atoms with Crippen molar-refractivity contribution in [2.45, 2.75) is 19.3 Å². The molecule has 0 saturated carbocycles. The van der Waals surface area contributed by atoms with E-state index in [0.29, 0.717) is 28.5 Å². The third-order valence-corrected chi connectivity index (χ3v) is 5.64. The number of rotatable bonds is 6. The summed E-state index contributed by atoms with van der Waals surface area (Å²) in [6.45, 7) is 1.63. The van der Waals surface area contributed by atoms with E-state index in [1.807, 2.05) is 19.1 Å². The van der Waals surface area contributed by atoms with Crippen LogP contribution in [0.2, 0.25) is 0 Å². The highest BCUT2D eigenvalue weighted by Crippen LogP contribution is 2.40. The molecule has 0 aliphatic carbocycles. The van der Waals surface area contributed by atoms with Crippen LogP contribution in [0.1, 0.15) is 29.2 Å². The summed E-state index contributed by atoms with van der Waals surface area (Å²) in [6.07, 6.45) is 1.71. The number of hydrogen-bond donors (Lipinski definition) is 2. The Hall–Kier alpha value is -4.67. The molecule has 11 heteroatoms. The van der Waals surface area contributed by atoms with Crippen molar-refractivity contribution in [1.29, 1.82) is 0 Å². The van der Waals surface area contributed by atoms with Crippen LogP contribution >= 0.6 is 0 Å². The molecule has 4 aromatic rings. The Morgan fingerprint density at radius 1 is 1.20 bits per heavy atom. The zero-order valence-electron chi connectivity index (χ0n) is 18.6. The van der Waals surface area contributed by atoms with E-state index in [1.54, 1.807) is 24.3 Å². The minimum absolute atomic E-state index is 0.173. The average molecular weight is 473 g/mol. The highest BCUT2D eigenvalue weighted by molar-refractivity contribution is 5.95. The Bertz CT molecular complexity index is 1420. The summed E-state index contributed by atoms with van der Waals surface area (Å²) in [6, 6.07) is 13.0. The highest BCUT2D eigenvalue weighted by atomic mass is 19.1. The van der Waals surface area contributed by atoms with Gasteiger partial charge in [0.2, 0.25) is 5.91 Å². The van der Waals surface area contributed by atoms with E-state index in [2.05, 4.69) is 25.6 Å². The largest absolute Gasteiger partial charge is 0.484 e. The van der Waals surface area contributed by atoms with Crippen LogP contribution in [0.25, 0.3) is 17.2 Å². The molecule has 2 aromatic carbocycles. The van der Waals surface area contributed by atoms with Crippen molar-refractivity contribution in [3.05, 3.63) is 77.4 Å². The number of halogens is 1. The molecule has 1 atom stereocenters. The maximum absolute atomic E-state index is 13.3. The SMILES string of the molecule is Cc1nn(-c2nncc(-c3ccc(F)cc3)n2)c2c1C(c1ccc(OCC(N)=O)cc1)CC(=O)N2. The molecule has 2 aromatic heterocycles. The van der Waals surface area contributed by atoms with E-state index in [4.69, 9.17) is 10.5 Å². The van der Waals surface area contributed by atoms with E-state index in [1.165, 1.54) is 23.0 Å². The van der Waals surface area contributed by atoms with Crippen LogP contribution in [0.3, 0.4) is 0 Å². The summed E-state index contributed by atoms with van der Waals surface area (Å²) >= 11 is 0. The number of aromatic nitrogens is 5. The predicted octanol–water partition coefficient (Wildman–Crippen LogP) is 2.51. The van der Waals surface area contributed by atoms with Crippen molar-refractivity contribution in [2.24, 2.45) is 5.73 Å². The van der Waals surface area contributed by atoms with Crippen LogP contribution in [-0.4, -0.2) is 43.4 Å². The van der Waals surface area contributed by atoms with Gasteiger partial charge in [0.25, 0.3) is 11.9 Å². The van der Waals surface area contributed by atoms with Crippen molar-refractivity contribution < 1.29 is 18.7 Å². The lowest BCUT2D eigenvalue weighted by Crippen LogP contribution is -2.25. The second-order valence-corrected chi connectivity index (χ2v) is 8.04. The van der Waals surface area contributed by atoms with Crippen LogP contribution < -0.4 is 15.8 Å². The Kier molecular flexibility index (Phi) is 5.65. The first-order valence-electron chi connectivity index (χ1n) is 10.8. The Balaban J connectivity index is 1.51. The molecule has 0 spiro atoms. The molecular weight excluding hydrogens is 453 g/mol. The van der Waals surface area contributed by atoms with Crippen molar-refractivity contribution in [3.8, 4) is 23.0 Å². The molecule has 176 valence electrons. The summed E-state index contributed by atoms with van der Waals surface area (Å²) < 4.78 is 20.1.